The number of nitrogens with zero attached hydrogens (tertiary/aromatic N) is 1. The van der Waals surface area contributed by atoms with Gasteiger partial charge >= 0.3 is 0 Å². The molecule has 1 aromatic carbocycles. The minimum Gasteiger partial charge on any atom is -0.488 e. The van der Waals surface area contributed by atoms with E-state index in [9.17, 15) is 0 Å². The second-order valence-electron chi connectivity index (χ2n) is 6.58. The van der Waals surface area contributed by atoms with Crippen LogP contribution >= 0.6 is 0 Å². The van der Waals surface area contributed by atoms with Crippen LogP contribution in [0.2, 0.25) is 0 Å². The van der Waals surface area contributed by atoms with Crippen LogP contribution < -0.4 is 10.1 Å². The Morgan fingerprint density at radius 2 is 2.14 bits per heavy atom. The number of rotatable bonds is 4. The van der Waals surface area contributed by atoms with Gasteiger partial charge in [-0.1, -0.05) is 31.5 Å². The summed E-state index contributed by atoms with van der Waals surface area (Å²) in [6.07, 6.45) is 3.81. The summed E-state index contributed by atoms with van der Waals surface area (Å²) >= 11 is 0. The number of piperazine rings is 1. The number of benzene rings is 1. The minimum atomic E-state index is 0.325. The monoisotopic (exact) mass is 288 g/mol. The molecule has 0 radical (unpaired) electrons. The molecule has 0 spiro atoms. The zero-order valence-electron chi connectivity index (χ0n) is 13.6. The highest BCUT2D eigenvalue weighted by atomic mass is 16.5. The van der Waals surface area contributed by atoms with Gasteiger partial charge in [0, 0.05) is 38.1 Å². The highest BCUT2D eigenvalue weighted by Crippen LogP contribution is 2.30. The lowest BCUT2D eigenvalue weighted by Gasteiger charge is -2.40. The Labute approximate surface area is 128 Å². The quantitative estimate of drug-likeness (QED) is 0.922. The van der Waals surface area contributed by atoms with Gasteiger partial charge in [-0.15, -0.1) is 0 Å². The minimum absolute atomic E-state index is 0.325. The van der Waals surface area contributed by atoms with Crippen molar-refractivity contribution in [3.05, 3.63) is 29.3 Å². The predicted molar refractivity (Wildman–Crippen MR) is 87.0 cm³/mol. The fraction of sp³-hybridized carbons (Fsp3) is 0.667. The highest BCUT2D eigenvalue weighted by molar-refractivity contribution is 5.40. The van der Waals surface area contributed by atoms with Crippen molar-refractivity contribution in [2.45, 2.75) is 58.2 Å². The average molecular weight is 288 g/mol. The topological polar surface area (TPSA) is 24.5 Å². The fourth-order valence-corrected chi connectivity index (χ4v) is 3.64. The van der Waals surface area contributed by atoms with Crippen LogP contribution in [0.1, 0.15) is 37.8 Å². The number of ether oxygens (including phenoxy) is 1. The Bertz CT molecular complexity index is 488. The van der Waals surface area contributed by atoms with Gasteiger partial charge in [0.25, 0.3) is 0 Å². The summed E-state index contributed by atoms with van der Waals surface area (Å²) in [5, 5.41) is 3.67. The molecule has 1 fully saturated rings. The number of fused-ring (bicyclic) bond motifs is 1. The lowest BCUT2D eigenvalue weighted by atomic mass is 10.0. The molecule has 3 unspecified atom stereocenters. The summed E-state index contributed by atoms with van der Waals surface area (Å²) in [5.41, 5.74) is 2.72. The van der Waals surface area contributed by atoms with Crippen LogP contribution in [0.5, 0.6) is 5.75 Å². The normalized spacial score (nSPS) is 29.2. The number of aryl methyl sites for hydroxylation is 1. The van der Waals surface area contributed by atoms with Crippen molar-refractivity contribution < 1.29 is 4.74 Å². The Morgan fingerprint density at radius 3 is 2.90 bits per heavy atom. The molecule has 1 aromatic rings. The van der Waals surface area contributed by atoms with Gasteiger partial charge in [-0.3, -0.25) is 4.90 Å². The van der Waals surface area contributed by atoms with Gasteiger partial charge in [-0.05, 0) is 31.4 Å². The molecular weight excluding hydrogens is 260 g/mol. The van der Waals surface area contributed by atoms with Gasteiger partial charge in [0.15, 0.2) is 0 Å². The van der Waals surface area contributed by atoms with E-state index >= 15 is 0 Å². The number of hydrogen-bond acceptors (Lipinski definition) is 3. The first-order valence-corrected chi connectivity index (χ1v) is 8.43. The molecule has 116 valence electrons. The van der Waals surface area contributed by atoms with Crippen molar-refractivity contribution in [1.29, 1.82) is 0 Å². The Morgan fingerprint density at radius 1 is 1.29 bits per heavy atom. The molecule has 3 heteroatoms. The predicted octanol–water partition coefficient (Wildman–Crippen LogP) is 2.76. The molecule has 0 amide bonds. The Hall–Kier alpha value is -1.06. The van der Waals surface area contributed by atoms with Gasteiger partial charge in [-0.2, -0.15) is 0 Å². The van der Waals surface area contributed by atoms with Crippen LogP contribution in [0, 0.1) is 6.92 Å². The summed E-state index contributed by atoms with van der Waals surface area (Å²) in [6, 6.07) is 7.85. The SMILES string of the molecule is CCC1CN(CC2Cc3cc(C)ccc3O2)C(CC)CN1. The van der Waals surface area contributed by atoms with Gasteiger partial charge in [0.1, 0.15) is 11.9 Å². The third-order valence-corrected chi connectivity index (χ3v) is 4.97. The van der Waals surface area contributed by atoms with Crippen LogP contribution in [0.4, 0.5) is 0 Å². The third-order valence-electron chi connectivity index (χ3n) is 4.97. The summed E-state index contributed by atoms with van der Waals surface area (Å²) < 4.78 is 6.16. The van der Waals surface area contributed by atoms with Crippen LogP contribution in [0.25, 0.3) is 0 Å². The highest BCUT2D eigenvalue weighted by Gasteiger charge is 2.31. The second kappa shape index (κ2) is 6.37. The lowest BCUT2D eigenvalue weighted by molar-refractivity contribution is 0.0774. The van der Waals surface area contributed by atoms with Crippen molar-refractivity contribution >= 4 is 0 Å². The first kappa shape index (κ1) is 14.9. The zero-order chi connectivity index (χ0) is 14.8. The lowest BCUT2D eigenvalue weighted by Crippen LogP contribution is -2.57. The summed E-state index contributed by atoms with van der Waals surface area (Å²) in [7, 11) is 0. The van der Waals surface area contributed by atoms with Crippen molar-refractivity contribution in [2.75, 3.05) is 19.6 Å². The largest absolute Gasteiger partial charge is 0.488 e. The number of nitrogens with one attached hydrogen (secondary N) is 1. The maximum Gasteiger partial charge on any atom is 0.123 e. The molecule has 3 atom stereocenters. The van der Waals surface area contributed by atoms with E-state index in [1.165, 1.54) is 24.0 Å². The molecule has 2 aliphatic rings. The van der Waals surface area contributed by atoms with Crippen molar-refractivity contribution in [3.63, 3.8) is 0 Å². The third kappa shape index (κ3) is 3.24. The average Bonchev–Trinajstić information content (AvgIpc) is 2.88. The summed E-state index contributed by atoms with van der Waals surface area (Å²) in [4.78, 5) is 2.65. The van der Waals surface area contributed by atoms with E-state index in [-0.39, 0.29) is 0 Å². The second-order valence-corrected chi connectivity index (χ2v) is 6.58. The molecule has 3 nitrogen and oxygen atoms in total. The molecule has 0 aliphatic carbocycles. The van der Waals surface area contributed by atoms with E-state index < -0.39 is 0 Å². The molecule has 1 saturated heterocycles. The molecule has 0 saturated carbocycles. The summed E-state index contributed by atoms with van der Waals surface area (Å²) in [5.74, 6) is 1.10. The van der Waals surface area contributed by atoms with Crippen molar-refractivity contribution in [2.24, 2.45) is 0 Å². The molecule has 1 N–H and O–H groups in total. The Balaban J connectivity index is 1.63. The van der Waals surface area contributed by atoms with Crippen LogP contribution in [0.3, 0.4) is 0 Å². The van der Waals surface area contributed by atoms with Crippen molar-refractivity contribution in [1.82, 2.24) is 10.2 Å². The standard InChI is InChI=1S/C18H28N2O/c1-4-15-11-20(16(5-2)10-19-15)12-17-9-14-8-13(3)6-7-18(14)21-17/h6-8,15-17,19H,4-5,9-12H2,1-3H3. The van der Waals surface area contributed by atoms with Gasteiger partial charge in [-0.25, -0.2) is 0 Å². The first-order valence-electron chi connectivity index (χ1n) is 8.43. The zero-order valence-corrected chi connectivity index (χ0v) is 13.6. The van der Waals surface area contributed by atoms with Gasteiger partial charge < -0.3 is 10.1 Å². The van der Waals surface area contributed by atoms with E-state index in [1.54, 1.807) is 0 Å². The van der Waals surface area contributed by atoms with Crippen molar-refractivity contribution in [3.8, 4) is 5.75 Å². The summed E-state index contributed by atoms with van der Waals surface area (Å²) in [6.45, 7) is 10.1. The van der Waals surface area contributed by atoms with E-state index in [4.69, 9.17) is 4.74 Å². The van der Waals surface area contributed by atoms with Crippen LogP contribution in [-0.4, -0.2) is 42.7 Å². The van der Waals surface area contributed by atoms with Gasteiger partial charge in [0.2, 0.25) is 0 Å². The fourth-order valence-electron chi connectivity index (χ4n) is 3.64. The number of hydrogen-bond donors (Lipinski definition) is 1. The van der Waals surface area contributed by atoms with E-state index in [2.05, 4.69) is 49.2 Å². The molecule has 0 bridgehead atoms. The Kier molecular flexibility index (Phi) is 4.51. The maximum absolute atomic E-state index is 6.16. The first-order chi connectivity index (χ1) is 10.2. The smallest absolute Gasteiger partial charge is 0.123 e. The molecule has 3 rings (SSSR count). The van der Waals surface area contributed by atoms with E-state index in [0.717, 1.165) is 31.8 Å². The van der Waals surface area contributed by atoms with E-state index in [0.29, 0.717) is 18.2 Å². The molecule has 0 aromatic heterocycles. The molecule has 2 aliphatic heterocycles. The van der Waals surface area contributed by atoms with Gasteiger partial charge in [0.05, 0.1) is 0 Å². The molecule has 2 heterocycles. The molecule has 21 heavy (non-hydrogen) atoms. The van der Waals surface area contributed by atoms with Crippen LogP contribution in [-0.2, 0) is 6.42 Å². The van der Waals surface area contributed by atoms with E-state index in [1.807, 2.05) is 0 Å². The molecular formula is C18H28N2O. The van der Waals surface area contributed by atoms with Crippen LogP contribution in [0.15, 0.2) is 18.2 Å². The maximum atomic E-state index is 6.16.